The second kappa shape index (κ2) is 6.22. The van der Waals surface area contributed by atoms with Crippen LogP contribution in [-0.4, -0.2) is 47.9 Å². The van der Waals surface area contributed by atoms with Crippen molar-refractivity contribution >= 4 is 17.8 Å². The number of rotatable bonds is 7. The summed E-state index contributed by atoms with van der Waals surface area (Å²) in [7, 11) is 1.46. The van der Waals surface area contributed by atoms with Crippen LogP contribution >= 0.6 is 0 Å². The predicted octanol–water partition coefficient (Wildman–Crippen LogP) is -0.164. The molecule has 0 heterocycles. The molecular formula is C11H18N2O4. The molecule has 2 amide bonds. The van der Waals surface area contributed by atoms with Gasteiger partial charge in [0.05, 0.1) is 0 Å². The monoisotopic (exact) mass is 242 g/mol. The third-order valence-electron chi connectivity index (χ3n) is 2.61. The number of carboxylic acid groups (broad SMARTS) is 1. The van der Waals surface area contributed by atoms with Gasteiger partial charge in [0.25, 0.3) is 0 Å². The largest absolute Gasteiger partial charge is 0.480 e. The second-order valence-corrected chi connectivity index (χ2v) is 4.31. The van der Waals surface area contributed by atoms with Gasteiger partial charge in [0.2, 0.25) is 11.8 Å². The van der Waals surface area contributed by atoms with Crippen LogP contribution in [0.25, 0.3) is 0 Å². The van der Waals surface area contributed by atoms with Gasteiger partial charge >= 0.3 is 5.97 Å². The Kier molecular flexibility index (Phi) is 4.93. The average molecular weight is 242 g/mol. The molecule has 0 aromatic heterocycles. The average Bonchev–Trinajstić information content (AvgIpc) is 3.06. The Morgan fingerprint density at radius 3 is 2.53 bits per heavy atom. The molecule has 0 aliphatic heterocycles. The van der Waals surface area contributed by atoms with Gasteiger partial charge in [0.15, 0.2) is 0 Å². The van der Waals surface area contributed by atoms with Gasteiger partial charge in [-0.25, -0.2) is 0 Å². The molecule has 0 saturated heterocycles. The smallest absolute Gasteiger partial charge is 0.323 e. The van der Waals surface area contributed by atoms with E-state index in [9.17, 15) is 14.4 Å². The second-order valence-electron chi connectivity index (χ2n) is 4.31. The fourth-order valence-corrected chi connectivity index (χ4v) is 1.42. The zero-order valence-electron chi connectivity index (χ0n) is 9.94. The molecule has 1 aliphatic carbocycles. The Morgan fingerprint density at radius 2 is 2.00 bits per heavy atom. The third-order valence-corrected chi connectivity index (χ3v) is 2.61. The SMILES string of the molecule is CN(CC(=O)O)C(=O)CCCNC(=O)C1CC1. The van der Waals surface area contributed by atoms with Crippen LogP contribution in [0, 0.1) is 5.92 Å². The molecule has 0 atom stereocenters. The Balaban J connectivity index is 2.06. The van der Waals surface area contributed by atoms with Crippen LogP contribution in [0.2, 0.25) is 0 Å². The molecule has 0 aromatic rings. The van der Waals surface area contributed by atoms with E-state index in [4.69, 9.17) is 5.11 Å². The predicted molar refractivity (Wildman–Crippen MR) is 60.2 cm³/mol. The Morgan fingerprint density at radius 1 is 1.35 bits per heavy atom. The van der Waals surface area contributed by atoms with Crippen LogP contribution < -0.4 is 5.32 Å². The molecular weight excluding hydrogens is 224 g/mol. The molecule has 96 valence electrons. The Labute approximate surface area is 100.0 Å². The zero-order chi connectivity index (χ0) is 12.8. The molecule has 0 unspecified atom stereocenters. The van der Waals surface area contributed by atoms with E-state index >= 15 is 0 Å². The zero-order valence-corrected chi connectivity index (χ0v) is 9.94. The van der Waals surface area contributed by atoms with Crippen molar-refractivity contribution in [2.24, 2.45) is 5.92 Å². The van der Waals surface area contributed by atoms with Gasteiger partial charge in [-0.05, 0) is 19.3 Å². The summed E-state index contributed by atoms with van der Waals surface area (Å²) >= 11 is 0. The maximum atomic E-state index is 11.4. The minimum atomic E-state index is -1.03. The first-order chi connectivity index (χ1) is 8.00. The van der Waals surface area contributed by atoms with Crippen molar-refractivity contribution in [1.82, 2.24) is 10.2 Å². The van der Waals surface area contributed by atoms with Crippen molar-refractivity contribution in [3.63, 3.8) is 0 Å². The van der Waals surface area contributed by atoms with E-state index in [2.05, 4.69) is 5.32 Å². The van der Waals surface area contributed by atoms with Crippen molar-refractivity contribution in [1.29, 1.82) is 0 Å². The van der Waals surface area contributed by atoms with E-state index in [-0.39, 0.29) is 30.7 Å². The van der Waals surface area contributed by atoms with Gasteiger partial charge in [-0.15, -0.1) is 0 Å². The molecule has 1 aliphatic rings. The number of carbonyl (C=O) groups excluding carboxylic acids is 2. The lowest BCUT2D eigenvalue weighted by Gasteiger charge is -2.14. The van der Waals surface area contributed by atoms with Gasteiger partial charge in [-0.2, -0.15) is 0 Å². The number of hydrogen-bond acceptors (Lipinski definition) is 3. The molecule has 17 heavy (non-hydrogen) atoms. The number of carbonyl (C=O) groups is 3. The van der Waals surface area contributed by atoms with Gasteiger partial charge in [-0.3, -0.25) is 14.4 Å². The third kappa shape index (κ3) is 5.33. The fourth-order valence-electron chi connectivity index (χ4n) is 1.42. The van der Waals surface area contributed by atoms with Crippen LogP contribution in [-0.2, 0) is 14.4 Å². The molecule has 0 aromatic carbocycles. The van der Waals surface area contributed by atoms with Crippen LogP contribution in [0.4, 0.5) is 0 Å². The quantitative estimate of drug-likeness (QED) is 0.607. The highest BCUT2D eigenvalue weighted by Gasteiger charge is 2.29. The van der Waals surface area contributed by atoms with E-state index in [0.29, 0.717) is 13.0 Å². The summed E-state index contributed by atoms with van der Waals surface area (Å²) in [6, 6.07) is 0. The molecule has 0 bridgehead atoms. The first-order valence-corrected chi connectivity index (χ1v) is 5.74. The van der Waals surface area contributed by atoms with Gasteiger partial charge in [0, 0.05) is 25.9 Å². The standard InChI is InChI=1S/C11H18N2O4/c1-13(7-10(15)16)9(14)3-2-6-12-11(17)8-4-5-8/h8H,2-7H2,1H3,(H,12,17)(H,15,16). The number of aliphatic carboxylic acids is 1. The molecule has 1 fully saturated rings. The summed E-state index contributed by atoms with van der Waals surface area (Å²) in [6.07, 6.45) is 2.73. The number of nitrogens with zero attached hydrogens (tertiary/aromatic N) is 1. The molecule has 2 N–H and O–H groups in total. The summed E-state index contributed by atoms with van der Waals surface area (Å²) < 4.78 is 0. The van der Waals surface area contributed by atoms with Gasteiger partial charge in [-0.1, -0.05) is 0 Å². The summed E-state index contributed by atoms with van der Waals surface area (Å²) in [5.41, 5.74) is 0. The first kappa shape index (κ1) is 13.5. The van der Waals surface area contributed by atoms with E-state index in [1.54, 1.807) is 0 Å². The lowest BCUT2D eigenvalue weighted by atomic mass is 10.2. The maximum Gasteiger partial charge on any atom is 0.323 e. The number of likely N-dealkylation sites (N-methyl/N-ethyl adjacent to an activating group) is 1. The summed E-state index contributed by atoms with van der Waals surface area (Å²) in [5, 5.41) is 11.2. The number of carboxylic acids is 1. The molecule has 6 heteroatoms. The first-order valence-electron chi connectivity index (χ1n) is 5.74. The topological polar surface area (TPSA) is 86.7 Å². The minimum Gasteiger partial charge on any atom is -0.480 e. The molecule has 0 radical (unpaired) electrons. The number of amides is 2. The van der Waals surface area contributed by atoms with Gasteiger partial charge in [0.1, 0.15) is 6.54 Å². The number of hydrogen-bond donors (Lipinski definition) is 2. The van der Waals surface area contributed by atoms with Crippen LogP contribution in [0.5, 0.6) is 0 Å². The molecule has 0 spiro atoms. The highest BCUT2D eigenvalue weighted by molar-refractivity contribution is 5.82. The molecule has 6 nitrogen and oxygen atoms in total. The van der Waals surface area contributed by atoms with E-state index < -0.39 is 5.97 Å². The van der Waals surface area contributed by atoms with Gasteiger partial charge < -0.3 is 15.3 Å². The fraction of sp³-hybridized carbons (Fsp3) is 0.727. The van der Waals surface area contributed by atoms with Crippen molar-refractivity contribution in [3.8, 4) is 0 Å². The lowest BCUT2D eigenvalue weighted by Crippen LogP contribution is -2.33. The van der Waals surface area contributed by atoms with Crippen molar-refractivity contribution in [3.05, 3.63) is 0 Å². The van der Waals surface area contributed by atoms with Crippen LogP contribution in [0.3, 0.4) is 0 Å². The number of nitrogens with one attached hydrogen (secondary N) is 1. The van der Waals surface area contributed by atoms with E-state index in [0.717, 1.165) is 12.8 Å². The maximum absolute atomic E-state index is 11.4. The molecule has 1 rings (SSSR count). The van der Waals surface area contributed by atoms with Crippen molar-refractivity contribution in [2.75, 3.05) is 20.1 Å². The summed E-state index contributed by atoms with van der Waals surface area (Å²) in [4.78, 5) is 34.2. The minimum absolute atomic E-state index is 0.0661. The Hall–Kier alpha value is -1.59. The highest BCUT2D eigenvalue weighted by atomic mass is 16.4. The lowest BCUT2D eigenvalue weighted by molar-refractivity contribution is -0.143. The highest BCUT2D eigenvalue weighted by Crippen LogP contribution is 2.28. The Bertz CT molecular complexity index is 313. The van der Waals surface area contributed by atoms with Crippen molar-refractivity contribution in [2.45, 2.75) is 25.7 Å². The van der Waals surface area contributed by atoms with E-state index in [1.165, 1.54) is 11.9 Å². The van der Waals surface area contributed by atoms with E-state index in [1.807, 2.05) is 0 Å². The van der Waals surface area contributed by atoms with Crippen LogP contribution in [0.15, 0.2) is 0 Å². The van der Waals surface area contributed by atoms with Crippen molar-refractivity contribution < 1.29 is 19.5 Å². The van der Waals surface area contributed by atoms with Crippen LogP contribution in [0.1, 0.15) is 25.7 Å². The molecule has 1 saturated carbocycles. The summed E-state index contributed by atoms with van der Waals surface area (Å²) in [5.74, 6) is -0.993. The normalized spacial score (nSPS) is 14.2. The summed E-state index contributed by atoms with van der Waals surface area (Å²) in [6.45, 7) is 0.190.